The number of hydrogen-bond donors (Lipinski definition) is 1. The second-order valence-electron chi connectivity index (χ2n) is 7.73. The summed E-state index contributed by atoms with van der Waals surface area (Å²) in [7, 11) is 0. The molecule has 2 aromatic rings. The number of unbranched alkanes of at least 4 members (excludes halogenated alkanes) is 1. The normalized spacial score (nSPS) is 16.3. The molecule has 0 amide bonds. The van der Waals surface area contributed by atoms with Crippen molar-refractivity contribution in [2.45, 2.75) is 70.4 Å². The molecule has 1 saturated carbocycles. The zero-order valence-electron chi connectivity index (χ0n) is 15.9. The summed E-state index contributed by atoms with van der Waals surface area (Å²) in [5.41, 5.74) is 9.00. The predicted octanol–water partition coefficient (Wildman–Crippen LogP) is 5.89. The third-order valence-corrected chi connectivity index (χ3v) is 5.68. The van der Waals surface area contributed by atoms with Crippen LogP contribution in [0.5, 0.6) is 5.75 Å². The van der Waals surface area contributed by atoms with Crippen molar-refractivity contribution >= 4 is 0 Å². The summed E-state index contributed by atoms with van der Waals surface area (Å²) in [6.45, 7) is 0.624. The van der Waals surface area contributed by atoms with Crippen molar-refractivity contribution in [2.24, 2.45) is 11.7 Å². The number of benzene rings is 2. The Morgan fingerprint density at radius 1 is 0.846 bits per heavy atom. The Hall–Kier alpha value is -1.80. The largest absolute Gasteiger partial charge is 0.489 e. The zero-order chi connectivity index (χ0) is 18.0. The molecule has 0 aliphatic heterocycles. The summed E-state index contributed by atoms with van der Waals surface area (Å²) in [6, 6.07) is 19.3. The molecule has 1 fully saturated rings. The summed E-state index contributed by atoms with van der Waals surface area (Å²) < 4.78 is 5.85. The summed E-state index contributed by atoms with van der Waals surface area (Å²) in [5.74, 6) is 1.72. The van der Waals surface area contributed by atoms with E-state index in [9.17, 15) is 0 Å². The van der Waals surface area contributed by atoms with E-state index in [-0.39, 0.29) is 0 Å². The second kappa shape index (κ2) is 10.4. The van der Waals surface area contributed by atoms with Crippen LogP contribution in [0.1, 0.15) is 62.5 Å². The van der Waals surface area contributed by atoms with E-state index < -0.39 is 0 Å². The molecular weight excluding hydrogens is 318 g/mol. The molecule has 0 aromatic heterocycles. The Balaban J connectivity index is 1.33. The van der Waals surface area contributed by atoms with E-state index in [2.05, 4.69) is 36.4 Å². The Morgan fingerprint density at radius 2 is 1.58 bits per heavy atom. The van der Waals surface area contributed by atoms with E-state index >= 15 is 0 Å². The van der Waals surface area contributed by atoms with Gasteiger partial charge < -0.3 is 10.5 Å². The Labute approximate surface area is 158 Å². The molecule has 0 heterocycles. The van der Waals surface area contributed by atoms with Crippen molar-refractivity contribution in [3.63, 3.8) is 0 Å². The van der Waals surface area contributed by atoms with Crippen LogP contribution in [-0.2, 0) is 13.0 Å². The van der Waals surface area contributed by atoms with Gasteiger partial charge in [0.15, 0.2) is 0 Å². The molecule has 1 aliphatic carbocycles. The van der Waals surface area contributed by atoms with Gasteiger partial charge in [-0.15, -0.1) is 0 Å². The molecule has 0 saturated heterocycles. The van der Waals surface area contributed by atoms with Crippen molar-refractivity contribution < 1.29 is 4.74 Å². The van der Waals surface area contributed by atoms with Crippen LogP contribution in [-0.4, -0.2) is 6.04 Å². The maximum absolute atomic E-state index is 6.41. The highest BCUT2D eigenvalue weighted by molar-refractivity contribution is 5.27. The quantitative estimate of drug-likeness (QED) is 0.572. The van der Waals surface area contributed by atoms with Gasteiger partial charge in [0.25, 0.3) is 0 Å². The first kappa shape index (κ1) is 19.0. The van der Waals surface area contributed by atoms with Crippen molar-refractivity contribution in [2.75, 3.05) is 0 Å². The van der Waals surface area contributed by atoms with E-state index in [0.29, 0.717) is 12.6 Å². The highest BCUT2D eigenvalue weighted by Crippen LogP contribution is 2.27. The molecule has 1 aliphatic rings. The monoisotopic (exact) mass is 351 g/mol. The Kier molecular flexibility index (Phi) is 7.57. The molecule has 26 heavy (non-hydrogen) atoms. The van der Waals surface area contributed by atoms with E-state index in [1.165, 1.54) is 62.5 Å². The Morgan fingerprint density at radius 3 is 2.31 bits per heavy atom. The van der Waals surface area contributed by atoms with Crippen molar-refractivity contribution in [3.8, 4) is 5.75 Å². The van der Waals surface area contributed by atoms with Gasteiger partial charge in [-0.05, 0) is 61.3 Å². The fraction of sp³-hybridized carbons (Fsp3) is 0.500. The summed E-state index contributed by atoms with van der Waals surface area (Å²) >= 11 is 0. The standard InChI is InChI=1S/C24H33NO/c25-24(22-12-5-2-6-13-22)14-8-7-9-20-15-17-23(18-16-20)26-19-21-10-3-1-4-11-21/h1,3-4,10-11,15-18,22,24H,2,5-9,12-14,19,25H2. The summed E-state index contributed by atoms with van der Waals surface area (Å²) in [4.78, 5) is 0. The van der Waals surface area contributed by atoms with Gasteiger partial charge in [-0.2, -0.15) is 0 Å². The Bertz CT molecular complexity index is 616. The minimum absolute atomic E-state index is 0.420. The highest BCUT2D eigenvalue weighted by Gasteiger charge is 2.19. The molecule has 3 rings (SSSR count). The van der Waals surface area contributed by atoms with Gasteiger partial charge >= 0.3 is 0 Å². The maximum atomic E-state index is 6.41. The second-order valence-corrected chi connectivity index (χ2v) is 7.73. The van der Waals surface area contributed by atoms with Gasteiger partial charge in [-0.1, -0.05) is 68.1 Å². The lowest BCUT2D eigenvalue weighted by Gasteiger charge is -2.27. The van der Waals surface area contributed by atoms with E-state index in [1.54, 1.807) is 0 Å². The molecule has 2 nitrogen and oxygen atoms in total. The van der Waals surface area contributed by atoms with Crippen LogP contribution in [0, 0.1) is 5.92 Å². The number of aryl methyl sites for hydroxylation is 1. The van der Waals surface area contributed by atoms with Gasteiger partial charge in [-0.25, -0.2) is 0 Å². The lowest BCUT2D eigenvalue weighted by molar-refractivity contribution is 0.291. The van der Waals surface area contributed by atoms with Crippen molar-refractivity contribution in [3.05, 3.63) is 65.7 Å². The first-order chi connectivity index (χ1) is 12.8. The molecule has 1 unspecified atom stereocenters. The first-order valence-corrected chi connectivity index (χ1v) is 10.3. The summed E-state index contributed by atoms with van der Waals surface area (Å²) in [6.07, 6.45) is 11.7. The van der Waals surface area contributed by atoms with E-state index in [4.69, 9.17) is 10.5 Å². The third-order valence-electron chi connectivity index (χ3n) is 5.68. The van der Waals surface area contributed by atoms with Crippen molar-refractivity contribution in [1.82, 2.24) is 0 Å². The molecule has 140 valence electrons. The van der Waals surface area contributed by atoms with Crippen molar-refractivity contribution in [1.29, 1.82) is 0 Å². The van der Waals surface area contributed by atoms with Gasteiger partial charge in [0.05, 0.1) is 0 Å². The molecule has 2 aromatic carbocycles. The highest BCUT2D eigenvalue weighted by atomic mass is 16.5. The van der Waals surface area contributed by atoms with Crippen LogP contribution in [0.4, 0.5) is 0 Å². The van der Waals surface area contributed by atoms with E-state index in [1.807, 2.05) is 18.2 Å². The number of nitrogens with two attached hydrogens (primary N) is 1. The van der Waals surface area contributed by atoms with Gasteiger partial charge in [0.2, 0.25) is 0 Å². The summed E-state index contributed by atoms with van der Waals surface area (Å²) in [5, 5.41) is 0. The average molecular weight is 352 g/mol. The number of rotatable bonds is 9. The first-order valence-electron chi connectivity index (χ1n) is 10.3. The number of ether oxygens (including phenoxy) is 1. The molecule has 0 bridgehead atoms. The van der Waals surface area contributed by atoms with Gasteiger partial charge in [-0.3, -0.25) is 0 Å². The third kappa shape index (κ3) is 6.17. The SMILES string of the molecule is NC(CCCCc1ccc(OCc2ccccc2)cc1)C1CCCCC1. The minimum Gasteiger partial charge on any atom is -0.489 e. The lowest BCUT2D eigenvalue weighted by Crippen LogP contribution is -2.31. The van der Waals surface area contributed by atoms with E-state index in [0.717, 1.165) is 18.1 Å². The lowest BCUT2D eigenvalue weighted by atomic mass is 9.82. The number of hydrogen-bond acceptors (Lipinski definition) is 2. The van der Waals surface area contributed by atoms with Crippen LogP contribution < -0.4 is 10.5 Å². The van der Waals surface area contributed by atoms with Crippen LogP contribution in [0.3, 0.4) is 0 Å². The minimum atomic E-state index is 0.420. The smallest absolute Gasteiger partial charge is 0.119 e. The molecule has 2 heteroatoms. The molecule has 0 spiro atoms. The van der Waals surface area contributed by atoms with Crippen LogP contribution >= 0.6 is 0 Å². The topological polar surface area (TPSA) is 35.2 Å². The van der Waals surface area contributed by atoms with Crippen LogP contribution in [0.2, 0.25) is 0 Å². The fourth-order valence-corrected chi connectivity index (χ4v) is 4.00. The zero-order valence-corrected chi connectivity index (χ0v) is 15.9. The fourth-order valence-electron chi connectivity index (χ4n) is 4.00. The van der Waals surface area contributed by atoms with Crippen LogP contribution in [0.25, 0.3) is 0 Å². The predicted molar refractivity (Wildman–Crippen MR) is 109 cm³/mol. The average Bonchev–Trinajstić information content (AvgIpc) is 2.72. The molecule has 1 atom stereocenters. The maximum Gasteiger partial charge on any atom is 0.119 e. The molecule has 2 N–H and O–H groups in total. The molecule has 0 radical (unpaired) electrons. The van der Waals surface area contributed by atoms with Gasteiger partial charge in [0.1, 0.15) is 12.4 Å². The van der Waals surface area contributed by atoms with Gasteiger partial charge in [0, 0.05) is 6.04 Å². The van der Waals surface area contributed by atoms with Crippen LogP contribution in [0.15, 0.2) is 54.6 Å². The molecular formula is C24H33NO.